The number of Topliss-reactive ketones (excluding diaryl/α,β-unsaturated/α-hetero) is 1. The highest BCUT2D eigenvalue weighted by Gasteiger charge is 2.21. The predicted molar refractivity (Wildman–Crippen MR) is 133 cm³/mol. The Morgan fingerprint density at radius 2 is 1.15 bits per heavy atom. The van der Waals surface area contributed by atoms with Crippen molar-refractivity contribution >= 4 is 41.1 Å². The third kappa shape index (κ3) is 4.90. The van der Waals surface area contributed by atoms with Crippen LogP contribution < -0.4 is 0 Å². The molecular weight excluding hydrogens is 455 g/mol. The van der Waals surface area contributed by atoms with E-state index >= 15 is 0 Å². The van der Waals surface area contributed by atoms with Crippen molar-refractivity contribution in [1.29, 1.82) is 0 Å². The zero-order chi connectivity index (χ0) is 22.8. The maximum absolute atomic E-state index is 13.1. The molecule has 164 valence electrons. The fourth-order valence-corrected chi connectivity index (χ4v) is 4.36. The molecule has 3 nitrogen and oxygen atoms in total. The van der Waals surface area contributed by atoms with Crippen LogP contribution in [0.4, 0.5) is 0 Å². The Labute approximate surface area is 201 Å². The number of hydrogen-bond acceptors (Lipinski definition) is 3. The minimum atomic E-state index is 0.0302. The van der Waals surface area contributed by atoms with Crippen molar-refractivity contribution in [3.05, 3.63) is 106 Å². The number of allylic oxidation sites excluding steroid dienone is 2. The minimum absolute atomic E-state index is 0.0302. The van der Waals surface area contributed by atoms with Crippen LogP contribution in [0.3, 0.4) is 0 Å². The Bertz CT molecular complexity index is 1280. The first-order chi connectivity index (χ1) is 16.0. The van der Waals surface area contributed by atoms with Crippen molar-refractivity contribution in [1.82, 2.24) is 0 Å². The zero-order valence-corrected chi connectivity index (χ0v) is 19.2. The molecule has 0 amide bonds. The molecule has 1 fully saturated rings. The summed E-state index contributed by atoms with van der Waals surface area (Å²) in [7, 11) is 0. The largest absolute Gasteiger partial charge is 0.457 e. The topological polar surface area (TPSA) is 43.4 Å². The Hall–Kier alpha value is -3.27. The summed E-state index contributed by atoms with van der Waals surface area (Å²) in [6.45, 7) is 0. The van der Waals surface area contributed by atoms with Gasteiger partial charge < -0.3 is 8.83 Å². The number of carbonyl (C=O) groups excluding carboxylic acids is 1. The second-order valence-corrected chi connectivity index (χ2v) is 8.82. The van der Waals surface area contributed by atoms with Crippen LogP contribution in [-0.4, -0.2) is 5.78 Å². The smallest absolute Gasteiger partial charge is 0.185 e. The molecule has 2 aromatic heterocycles. The van der Waals surface area contributed by atoms with Crippen molar-refractivity contribution in [2.75, 3.05) is 0 Å². The van der Waals surface area contributed by atoms with E-state index < -0.39 is 0 Å². The van der Waals surface area contributed by atoms with E-state index in [1.165, 1.54) is 0 Å². The van der Waals surface area contributed by atoms with Gasteiger partial charge >= 0.3 is 0 Å². The molecule has 5 rings (SSSR count). The van der Waals surface area contributed by atoms with Crippen molar-refractivity contribution < 1.29 is 13.6 Å². The molecule has 1 aliphatic carbocycles. The van der Waals surface area contributed by atoms with Gasteiger partial charge in [0.15, 0.2) is 5.78 Å². The molecule has 4 aromatic rings. The normalized spacial score (nSPS) is 16.6. The van der Waals surface area contributed by atoms with Crippen LogP contribution in [0.5, 0.6) is 0 Å². The first kappa shape index (κ1) is 21.6. The molecule has 0 N–H and O–H groups in total. The fraction of sp³-hybridized carbons (Fsp3) is 0.107. The number of furan rings is 2. The molecule has 0 spiro atoms. The predicted octanol–water partition coefficient (Wildman–Crippen LogP) is 8.73. The summed E-state index contributed by atoms with van der Waals surface area (Å²) in [6, 6.07) is 22.5. The maximum atomic E-state index is 13.1. The molecule has 0 bridgehead atoms. The van der Waals surface area contributed by atoms with Gasteiger partial charge in [-0.15, -0.1) is 0 Å². The average Bonchev–Trinajstić information content (AvgIpc) is 3.46. The fourth-order valence-electron chi connectivity index (χ4n) is 3.98. The quantitative estimate of drug-likeness (QED) is 0.277. The lowest BCUT2D eigenvalue weighted by Gasteiger charge is -2.15. The van der Waals surface area contributed by atoms with E-state index in [2.05, 4.69) is 0 Å². The number of benzene rings is 2. The molecule has 2 heterocycles. The van der Waals surface area contributed by atoms with E-state index in [-0.39, 0.29) is 5.78 Å². The van der Waals surface area contributed by atoms with E-state index in [1.807, 2.05) is 84.9 Å². The third-order valence-corrected chi connectivity index (χ3v) is 6.05. The van der Waals surface area contributed by atoms with Crippen LogP contribution in [0.1, 0.15) is 30.8 Å². The van der Waals surface area contributed by atoms with Crippen LogP contribution in [-0.2, 0) is 4.79 Å². The standard InChI is InChI=1S/C28H20Cl2O3/c29-22-8-2-4-18(14-22)26-12-10-24(32-26)16-20-6-1-7-21(28(20)31)17-25-11-13-27(33-25)19-5-3-9-23(30)15-19/h2-5,8-17H,1,6-7H2. The molecule has 0 saturated heterocycles. The summed E-state index contributed by atoms with van der Waals surface area (Å²) in [5.74, 6) is 2.76. The summed E-state index contributed by atoms with van der Waals surface area (Å²) >= 11 is 12.2. The Morgan fingerprint density at radius 1 is 0.667 bits per heavy atom. The van der Waals surface area contributed by atoms with Gasteiger partial charge in [0.05, 0.1) is 0 Å². The summed E-state index contributed by atoms with van der Waals surface area (Å²) in [6.07, 6.45) is 6.00. The lowest BCUT2D eigenvalue weighted by molar-refractivity contribution is -0.112. The van der Waals surface area contributed by atoms with Gasteiger partial charge in [-0.25, -0.2) is 0 Å². The summed E-state index contributed by atoms with van der Waals surface area (Å²) in [5, 5.41) is 1.30. The van der Waals surface area contributed by atoms with E-state index in [0.29, 0.717) is 33.1 Å². The van der Waals surface area contributed by atoms with Crippen LogP contribution in [0.25, 0.3) is 34.8 Å². The molecule has 1 aliphatic rings. The molecule has 33 heavy (non-hydrogen) atoms. The molecule has 5 heteroatoms. The van der Waals surface area contributed by atoms with Gasteiger partial charge in [-0.1, -0.05) is 47.5 Å². The van der Waals surface area contributed by atoms with Gasteiger partial charge in [0.2, 0.25) is 0 Å². The Morgan fingerprint density at radius 3 is 1.61 bits per heavy atom. The summed E-state index contributed by atoms with van der Waals surface area (Å²) in [4.78, 5) is 13.1. The zero-order valence-electron chi connectivity index (χ0n) is 17.7. The first-order valence-corrected chi connectivity index (χ1v) is 11.5. The van der Waals surface area contributed by atoms with E-state index in [4.69, 9.17) is 32.0 Å². The van der Waals surface area contributed by atoms with Gasteiger partial charge in [-0.2, -0.15) is 0 Å². The maximum Gasteiger partial charge on any atom is 0.185 e. The first-order valence-electron chi connectivity index (χ1n) is 10.7. The van der Waals surface area contributed by atoms with Crippen LogP contribution >= 0.6 is 23.2 Å². The minimum Gasteiger partial charge on any atom is -0.457 e. The molecule has 0 atom stereocenters. The Kier molecular flexibility index (Phi) is 6.08. The molecular formula is C28H20Cl2O3. The average molecular weight is 475 g/mol. The van der Waals surface area contributed by atoms with Gasteiger partial charge in [-0.3, -0.25) is 4.79 Å². The van der Waals surface area contributed by atoms with Crippen molar-refractivity contribution in [3.8, 4) is 22.6 Å². The van der Waals surface area contributed by atoms with Crippen LogP contribution in [0.2, 0.25) is 10.0 Å². The number of ketones is 1. The lowest BCUT2D eigenvalue weighted by Crippen LogP contribution is -2.12. The number of carbonyl (C=O) groups is 1. The SMILES string of the molecule is O=C1C(=Cc2ccc(-c3cccc(Cl)c3)o2)CCCC1=Cc1ccc(-c2cccc(Cl)c2)o1. The highest BCUT2D eigenvalue weighted by Crippen LogP contribution is 2.32. The van der Waals surface area contributed by atoms with E-state index in [0.717, 1.165) is 41.5 Å². The molecule has 1 saturated carbocycles. The highest BCUT2D eigenvalue weighted by atomic mass is 35.5. The highest BCUT2D eigenvalue weighted by molar-refractivity contribution is 6.31. The molecule has 0 unspecified atom stereocenters. The van der Waals surface area contributed by atoms with Crippen LogP contribution in [0, 0.1) is 0 Å². The van der Waals surface area contributed by atoms with Gasteiger partial charge in [0.1, 0.15) is 23.0 Å². The lowest BCUT2D eigenvalue weighted by atomic mass is 9.88. The van der Waals surface area contributed by atoms with E-state index in [1.54, 1.807) is 0 Å². The second kappa shape index (κ2) is 9.30. The van der Waals surface area contributed by atoms with Gasteiger partial charge in [-0.05, 0) is 79.9 Å². The third-order valence-electron chi connectivity index (χ3n) is 5.58. The number of rotatable bonds is 4. The molecule has 0 radical (unpaired) electrons. The molecule has 0 aliphatic heterocycles. The van der Waals surface area contributed by atoms with Crippen molar-refractivity contribution in [2.24, 2.45) is 0 Å². The monoisotopic (exact) mass is 474 g/mol. The second-order valence-electron chi connectivity index (χ2n) is 7.95. The van der Waals surface area contributed by atoms with Crippen molar-refractivity contribution in [3.63, 3.8) is 0 Å². The summed E-state index contributed by atoms with van der Waals surface area (Å²) < 4.78 is 11.9. The molecule has 2 aromatic carbocycles. The van der Waals surface area contributed by atoms with Crippen LogP contribution in [0.15, 0.2) is 92.8 Å². The summed E-state index contributed by atoms with van der Waals surface area (Å²) in [5.41, 5.74) is 3.27. The van der Waals surface area contributed by atoms with Gasteiger partial charge in [0, 0.05) is 32.3 Å². The Balaban J connectivity index is 1.37. The van der Waals surface area contributed by atoms with E-state index in [9.17, 15) is 4.79 Å². The number of halogens is 2. The van der Waals surface area contributed by atoms with Crippen molar-refractivity contribution in [2.45, 2.75) is 19.3 Å². The number of hydrogen-bond donors (Lipinski definition) is 0. The van der Waals surface area contributed by atoms with Gasteiger partial charge in [0.25, 0.3) is 0 Å².